The molecule has 90 valence electrons. The molecule has 1 atom stereocenters. The number of aromatic nitrogens is 1. The minimum absolute atomic E-state index is 0.572. The van der Waals surface area contributed by atoms with Gasteiger partial charge in [-0.1, -0.05) is 13.0 Å². The minimum atomic E-state index is 0.572. The highest BCUT2D eigenvalue weighted by atomic mass is 32.1. The molecule has 2 nitrogen and oxygen atoms in total. The van der Waals surface area contributed by atoms with Crippen molar-refractivity contribution in [1.29, 1.82) is 0 Å². The Labute approximate surface area is 103 Å². The number of nitrogens with one attached hydrogen (secondary N) is 1. The van der Waals surface area contributed by atoms with E-state index in [4.69, 9.17) is 0 Å². The molecule has 0 fully saturated rings. The van der Waals surface area contributed by atoms with E-state index in [1.54, 1.807) is 11.3 Å². The van der Waals surface area contributed by atoms with Crippen LogP contribution >= 0.6 is 11.3 Å². The van der Waals surface area contributed by atoms with Gasteiger partial charge in [0.2, 0.25) is 0 Å². The van der Waals surface area contributed by atoms with Gasteiger partial charge in [-0.2, -0.15) is 0 Å². The van der Waals surface area contributed by atoms with Gasteiger partial charge in [-0.15, -0.1) is 17.9 Å². The second-order valence-corrected chi connectivity index (χ2v) is 5.00. The molecule has 0 saturated carbocycles. The fourth-order valence-corrected chi connectivity index (χ4v) is 2.32. The van der Waals surface area contributed by atoms with E-state index in [-0.39, 0.29) is 0 Å². The molecule has 0 spiro atoms. The van der Waals surface area contributed by atoms with Crippen LogP contribution in [0.2, 0.25) is 0 Å². The molecular weight excluding hydrogens is 216 g/mol. The Morgan fingerprint density at radius 3 is 3.06 bits per heavy atom. The number of aryl methyl sites for hydroxylation is 1. The van der Waals surface area contributed by atoms with Crippen LogP contribution < -0.4 is 5.32 Å². The molecule has 1 aromatic heterocycles. The Morgan fingerprint density at radius 2 is 2.44 bits per heavy atom. The predicted octanol–water partition coefficient (Wildman–Crippen LogP) is 3.19. The molecule has 0 amide bonds. The van der Waals surface area contributed by atoms with Crippen LogP contribution in [-0.2, 0) is 12.8 Å². The van der Waals surface area contributed by atoms with E-state index in [2.05, 4.69) is 36.1 Å². The molecule has 1 N–H and O–H groups in total. The molecule has 0 radical (unpaired) electrons. The Balaban J connectivity index is 2.17. The predicted molar refractivity (Wildman–Crippen MR) is 72.1 cm³/mol. The Morgan fingerprint density at radius 1 is 1.62 bits per heavy atom. The van der Waals surface area contributed by atoms with Crippen LogP contribution in [0.1, 0.15) is 37.4 Å². The van der Waals surface area contributed by atoms with E-state index in [1.807, 2.05) is 6.08 Å². The van der Waals surface area contributed by atoms with Crippen molar-refractivity contribution in [3.05, 3.63) is 28.7 Å². The maximum absolute atomic E-state index is 4.55. The van der Waals surface area contributed by atoms with E-state index >= 15 is 0 Å². The summed E-state index contributed by atoms with van der Waals surface area (Å²) in [5.74, 6) is 0. The van der Waals surface area contributed by atoms with Crippen LogP contribution in [0.15, 0.2) is 18.0 Å². The Bertz CT molecular complexity index is 307. The third-order valence-electron chi connectivity index (χ3n) is 2.58. The van der Waals surface area contributed by atoms with Gasteiger partial charge < -0.3 is 5.32 Å². The zero-order valence-electron chi connectivity index (χ0n) is 10.3. The molecule has 0 aliphatic rings. The molecule has 1 heterocycles. The number of hydrogen-bond acceptors (Lipinski definition) is 3. The van der Waals surface area contributed by atoms with Crippen molar-refractivity contribution in [2.45, 2.75) is 45.6 Å². The molecule has 3 heteroatoms. The van der Waals surface area contributed by atoms with Crippen LogP contribution in [0.25, 0.3) is 0 Å². The van der Waals surface area contributed by atoms with Crippen LogP contribution in [0.4, 0.5) is 0 Å². The summed E-state index contributed by atoms with van der Waals surface area (Å²) in [4.78, 5) is 4.55. The SMILES string of the molecule is C=CCCC(C)NCCc1csc(CC)n1. The van der Waals surface area contributed by atoms with Gasteiger partial charge in [0.25, 0.3) is 0 Å². The number of allylic oxidation sites excluding steroid dienone is 1. The van der Waals surface area contributed by atoms with Gasteiger partial charge in [-0.25, -0.2) is 4.98 Å². The first-order valence-corrected chi connectivity index (χ1v) is 6.91. The molecular formula is C13H22N2S. The fraction of sp³-hybridized carbons (Fsp3) is 0.615. The number of nitrogens with zero attached hydrogens (tertiary/aromatic N) is 1. The fourth-order valence-electron chi connectivity index (χ4n) is 1.54. The number of rotatable bonds is 8. The summed E-state index contributed by atoms with van der Waals surface area (Å²) in [5, 5.41) is 6.93. The van der Waals surface area contributed by atoms with E-state index in [0.717, 1.165) is 25.8 Å². The van der Waals surface area contributed by atoms with Crippen molar-refractivity contribution in [2.24, 2.45) is 0 Å². The topological polar surface area (TPSA) is 24.9 Å². The lowest BCUT2D eigenvalue weighted by Gasteiger charge is -2.11. The first kappa shape index (κ1) is 13.4. The summed E-state index contributed by atoms with van der Waals surface area (Å²) >= 11 is 1.77. The standard InChI is InChI=1S/C13H22N2S/c1-4-6-7-11(3)14-9-8-12-10-16-13(5-2)15-12/h4,10-11,14H,1,5-9H2,2-3H3. The highest BCUT2D eigenvalue weighted by Crippen LogP contribution is 2.10. The molecule has 0 aromatic carbocycles. The quantitative estimate of drug-likeness (QED) is 0.704. The van der Waals surface area contributed by atoms with Crippen molar-refractivity contribution in [3.63, 3.8) is 0 Å². The largest absolute Gasteiger partial charge is 0.314 e. The molecule has 1 rings (SSSR count). The van der Waals surface area contributed by atoms with E-state index in [9.17, 15) is 0 Å². The monoisotopic (exact) mass is 238 g/mol. The van der Waals surface area contributed by atoms with Gasteiger partial charge in [0.1, 0.15) is 0 Å². The highest BCUT2D eigenvalue weighted by molar-refractivity contribution is 7.09. The molecule has 0 bridgehead atoms. The summed E-state index contributed by atoms with van der Waals surface area (Å²) in [5.41, 5.74) is 1.23. The van der Waals surface area contributed by atoms with Crippen LogP contribution in [0.5, 0.6) is 0 Å². The first-order chi connectivity index (χ1) is 7.76. The van der Waals surface area contributed by atoms with Crippen molar-refractivity contribution in [2.75, 3.05) is 6.54 Å². The second-order valence-electron chi connectivity index (χ2n) is 4.06. The lowest BCUT2D eigenvalue weighted by Crippen LogP contribution is -2.27. The number of thiazole rings is 1. The van der Waals surface area contributed by atoms with Gasteiger partial charge in [0.05, 0.1) is 10.7 Å². The molecule has 0 aliphatic heterocycles. The summed E-state index contributed by atoms with van der Waals surface area (Å²) < 4.78 is 0. The average molecular weight is 238 g/mol. The highest BCUT2D eigenvalue weighted by Gasteiger charge is 2.02. The molecule has 1 aromatic rings. The second kappa shape index (κ2) is 7.58. The van der Waals surface area contributed by atoms with Gasteiger partial charge in [0.15, 0.2) is 0 Å². The van der Waals surface area contributed by atoms with Gasteiger partial charge in [-0.3, -0.25) is 0 Å². The Hall–Kier alpha value is -0.670. The van der Waals surface area contributed by atoms with Crippen molar-refractivity contribution < 1.29 is 0 Å². The normalized spacial score (nSPS) is 12.6. The van der Waals surface area contributed by atoms with Gasteiger partial charge in [-0.05, 0) is 26.2 Å². The van der Waals surface area contributed by atoms with E-state index < -0.39 is 0 Å². The molecule has 0 aliphatic carbocycles. The molecule has 1 unspecified atom stereocenters. The van der Waals surface area contributed by atoms with Crippen LogP contribution in [-0.4, -0.2) is 17.6 Å². The van der Waals surface area contributed by atoms with Crippen LogP contribution in [0.3, 0.4) is 0 Å². The summed E-state index contributed by atoms with van der Waals surface area (Å²) in [7, 11) is 0. The minimum Gasteiger partial charge on any atom is -0.314 e. The smallest absolute Gasteiger partial charge is 0.0925 e. The van der Waals surface area contributed by atoms with Crippen molar-refractivity contribution in [3.8, 4) is 0 Å². The summed E-state index contributed by atoms with van der Waals surface area (Å²) in [6, 6.07) is 0.572. The van der Waals surface area contributed by atoms with Gasteiger partial charge >= 0.3 is 0 Å². The zero-order chi connectivity index (χ0) is 11.8. The third kappa shape index (κ3) is 4.90. The maximum Gasteiger partial charge on any atom is 0.0925 e. The lowest BCUT2D eigenvalue weighted by atomic mass is 10.2. The summed E-state index contributed by atoms with van der Waals surface area (Å²) in [6.07, 6.45) is 6.32. The van der Waals surface area contributed by atoms with E-state index in [0.29, 0.717) is 6.04 Å². The average Bonchev–Trinajstić information content (AvgIpc) is 2.74. The van der Waals surface area contributed by atoms with Gasteiger partial charge in [0, 0.05) is 24.4 Å². The molecule has 0 saturated heterocycles. The number of hydrogen-bond donors (Lipinski definition) is 1. The third-order valence-corrected chi connectivity index (χ3v) is 3.62. The zero-order valence-corrected chi connectivity index (χ0v) is 11.1. The van der Waals surface area contributed by atoms with E-state index in [1.165, 1.54) is 17.1 Å². The lowest BCUT2D eigenvalue weighted by molar-refractivity contribution is 0.520. The maximum atomic E-state index is 4.55. The summed E-state index contributed by atoms with van der Waals surface area (Å²) in [6.45, 7) is 9.13. The van der Waals surface area contributed by atoms with Crippen molar-refractivity contribution in [1.82, 2.24) is 10.3 Å². The first-order valence-electron chi connectivity index (χ1n) is 6.03. The molecule has 16 heavy (non-hydrogen) atoms. The van der Waals surface area contributed by atoms with Crippen molar-refractivity contribution >= 4 is 11.3 Å². The Kier molecular flexibility index (Phi) is 6.34. The van der Waals surface area contributed by atoms with Crippen LogP contribution in [0, 0.1) is 0 Å².